The van der Waals surface area contributed by atoms with Crippen LogP contribution >= 0.6 is 11.8 Å². The fraction of sp³-hybridized carbons (Fsp3) is 0.400. The molecule has 0 saturated heterocycles. The van der Waals surface area contributed by atoms with Crippen molar-refractivity contribution in [3.8, 4) is 5.75 Å². The highest BCUT2D eigenvalue weighted by Crippen LogP contribution is 2.29. The molecule has 0 N–H and O–H groups in total. The third-order valence-electron chi connectivity index (χ3n) is 1.66. The quantitative estimate of drug-likeness (QED) is 0.715. The van der Waals surface area contributed by atoms with Gasteiger partial charge in [0.05, 0.1) is 12.0 Å². The van der Waals surface area contributed by atoms with Crippen molar-refractivity contribution in [2.24, 2.45) is 0 Å². The summed E-state index contributed by atoms with van der Waals surface area (Å²) in [4.78, 5) is 0.0765. The van der Waals surface area contributed by atoms with E-state index in [9.17, 15) is 8.78 Å². The second-order valence-corrected chi connectivity index (χ2v) is 3.87. The van der Waals surface area contributed by atoms with E-state index in [-0.39, 0.29) is 10.6 Å². The normalized spacial score (nSPS) is 10.3. The van der Waals surface area contributed by atoms with Crippen LogP contribution in [0.5, 0.6) is 5.75 Å². The Bertz CT molecular complexity index is 292. The van der Waals surface area contributed by atoms with Crippen molar-refractivity contribution < 1.29 is 13.5 Å². The molecule has 0 saturated carbocycles. The number of methoxy groups -OCH3 is 1. The van der Waals surface area contributed by atoms with Gasteiger partial charge in [0.25, 0.3) is 0 Å². The molecule has 0 fully saturated rings. The Labute approximate surface area is 86.5 Å². The second kappa shape index (κ2) is 5.20. The summed E-state index contributed by atoms with van der Waals surface area (Å²) in [6.45, 7) is 1.96. The molecule has 0 aliphatic rings. The number of ether oxygens (including phenoxy) is 1. The van der Waals surface area contributed by atoms with E-state index in [1.807, 2.05) is 6.92 Å². The number of rotatable bonds is 4. The Morgan fingerprint density at radius 1 is 1.29 bits per heavy atom. The average Bonchev–Trinajstić information content (AvgIpc) is 2.16. The molecule has 0 amide bonds. The van der Waals surface area contributed by atoms with Gasteiger partial charge in [0, 0.05) is 12.1 Å². The predicted octanol–water partition coefficient (Wildman–Crippen LogP) is 3.48. The first kappa shape index (κ1) is 11.3. The van der Waals surface area contributed by atoms with E-state index in [0.717, 1.165) is 6.42 Å². The Morgan fingerprint density at radius 3 is 2.29 bits per heavy atom. The van der Waals surface area contributed by atoms with Crippen LogP contribution in [0.2, 0.25) is 0 Å². The van der Waals surface area contributed by atoms with Gasteiger partial charge in [0.1, 0.15) is 17.4 Å². The molecule has 4 heteroatoms. The summed E-state index contributed by atoms with van der Waals surface area (Å²) >= 11 is 1.19. The molecule has 1 nitrogen and oxygen atoms in total. The molecule has 14 heavy (non-hydrogen) atoms. The monoisotopic (exact) mass is 218 g/mol. The first-order valence-electron chi connectivity index (χ1n) is 4.34. The minimum Gasteiger partial charge on any atom is -0.497 e. The van der Waals surface area contributed by atoms with Crippen molar-refractivity contribution in [2.75, 3.05) is 12.9 Å². The lowest BCUT2D eigenvalue weighted by molar-refractivity contribution is 0.403. The molecule has 0 aliphatic heterocycles. The summed E-state index contributed by atoms with van der Waals surface area (Å²) in [5.74, 6) is -0.193. The van der Waals surface area contributed by atoms with E-state index in [0.29, 0.717) is 5.75 Å². The molecule has 0 spiro atoms. The Hall–Kier alpha value is -0.770. The largest absolute Gasteiger partial charge is 0.497 e. The molecule has 0 aromatic heterocycles. The van der Waals surface area contributed by atoms with Gasteiger partial charge in [-0.1, -0.05) is 6.92 Å². The van der Waals surface area contributed by atoms with Crippen LogP contribution in [0.4, 0.5) is 8.78 Å². The summed E-state index contributed by atoms with van der Waals surface area (Å²) in [6.07, 6.45) is 0.884. The summed E-state index contributed by atoms with van der Waals surface area (Å²) in [6, 6.07) is 2.39. The maximum atomic E-state index is 13.3. The van der Waals surface area contributed by atoms with Gasteiger partial charge < -0.3 is 4.74 Å². The molecule has 0 heterocycles. The van der Waals surface area contributed by atoms with Crippen LogP contribution in [0.15, 0.2) is 17.0 Å². The zero-order valence-corrected chi connectivity index (χ0v) is 8.96. The molecule has 1 aromatic carbocycles. The lowest BCUT2D eigenvalue weighted by Crippen LogP contribution is -1.92. The number of thioether (sulfide) groups is 1. The topological polar surface area (TPSA) is 9.23 Å². The van der Waals surface area contributed by atoms with Gasteiger partial charge in [-0.15, -0.1) is 11.8 Å². The van der Waals surface area contributed by atoms with Gasteiger partial charge >= 0.3 is 0 Å². The van der Waals surface area contributed by atoms with Crippen LogP contribution in [-0.2, 0) is 0 Å². The summed E-state index contributed by atoms with van der Waals surface area (Å²) < 4.78 is 31.3. The zero-order valence-electron chi connectivity index (χ0n) is 8.14. The van der Waals surface area contributed by atoms with E-state index in [2.05, 4.69) is 0 Å². The highest BCUT2D eigenvalue weighted by Gasteiger charge is 2.11. The lowest BCUT2D eigenvalue weighted by Gasteiger charge is -2.06. The summed E-state index contributed by atoms with van der Waals surface area (Å²) in [7, 11) is 1.38. The van der Waals surface area contributed by atoms with Gasteiger partial charge in [-0.05, 0) is 12.2 Å². The van der Waals surface area contributed by atoms with Gasteiger partial charge in [0.2, 0.25) is 0 Å². The molecule has 1 aromatic rings. The number of benzene rings is 1. The van der Waals surface area contributed by atoms with Crippen LogP contribution in [0.3, 0.4) is 0 Å². The summed E-state index contributed by atoms with van der Waals surface area (Å²) in [5.41, 5.74) is 0. The molecule has 0 radical (unpaired) electrons. The lowest BCUT2D eigenvalue weighted by atomic mass is 10.3. The van der Waals surface area contributed by atoms with E-state index in [1.165, 1.54) is 31.0 Å². The maximum absolute atomic E-state index is 13.3. The average molecular weight is 218 g/mol. The van der Waals surface area contributed by atoms with Crippen molar-refractivity contribution in [1.82, 2.24) is 0 Å². The van der Waals surface area contributed by atoms with Crippen LogP contribution in [0, 0.1) is 11.6 Å². The van der Waals surface area contributed by atoms with Crippen molar-refractivity contribution >= 4 is 11.8 Å². The molecule has 0 atom stereocenters. The number of hydrogen-bond acceptors (Lipinski definition) is 2. The van der Waals surface area contributed by atoms with Crippen molar-refractivity contribution in [1.29, 1.82) is 0 Å². The molecule has 78 valence electrons. The van der Waals surface area contributed by atoms with E-state index < -0.39 is 11.6 Å². The Kier molecular flexibility index (Phi) is 4.20. The van der Waals surface area contributed by atoms with Gasteiger partial charge in [0.15, 0.2) is 0 Å². The van der Waals surface area contributed by atoms with Crippen LogP contribution in [0.1, 0.15) is 13.3 Å². The SMILES string of the molecule is CCCSc1c(F)cc(OC)cc1F. The van der Waals surface area contributed by atoms with Crippen molar-refractivity contribution in [2.45, 2.75) is 18.2 Å². The third kappa shape index (κ3) is 2.61. The molecule has 0 aliphatic carbocycles. The first-order chi connectivity index (χ1) is 6.69. The maximum Gasteiger partial charge on any atom is 0.143 e. The molecular formula is C10H12F2OS. The smallest absolute Gasteiger partial charge is 0.143 e. The fourth-order valence-electron chi connectivity index (χ4n) is 0.996. The van der Waals surface area contributed by atoms with Crippen molar-refractivity contribution in [3.05, 3.63) is 23.8 Å². The summed E-state index contributed by atoms with van der Waals surface area (Å²) in [5, 5.41) is 0. The van der Waals surface area contributed by atoms with E-state index in [1.54, 1.807) is 0 Å². The first-order valence-corrected chi connectivity index (χ1v) is 5.33. The minimum atomic E-state index is -0.555. The van der Waals surface area contributed by atoms with E-state index in [4.69, 9.17) is 4.74 Å². The highest BCUT2D eigenvalue weighted by molar-refractivity contribution is 7.99. The van der Waals surface area contributed by atoms with Crippen LogP contribution < -0.4 is 4.74 Å². The van der Waals surface area contributed by atoms with Crippen LogP contribution in [-0.4, -0.2) is 12.9 Å². The molecular weight excluding hydrogens is 206 g/mol. The van der Waals surface area contributed by atoms with Crippen LogP contribution in [0.25, 0.3) is 0 Å². The molecule has 1 rings (SSSR count). The Balaban J connectivity index is 2.93. The minimum absolute atomic E-state index is 0.0765. The zero-order chi connectivity index (χ0) is 10.6. The molecule has 0 unspecified atom stereocenters. The van der Waals surface area contributed by atoms with Crippen molar-refractivity contribution in [3.63, 3.8) is 0 Å². The molecule has 0 bridgehead atoms. The number of halogens is 2. The van der Waals surface area contributed by atoms with E-state index >= 15 is 0 Å². The second-order valence-electron chi connectivity index (χ2n) is 2.77. The van der Waals surface area contributed by atoms with Gasteiger partial charge in [-0.2, -0.15) is 0 Å². The predicted molar refractivity (Wildman–Crippen MR) is 53.9 cm³/mol. The van der Waals surface area contributed by atoms with Gasteiger partial charge in [-0.3, -0.25) is 0 Å². The number of hydrogen-bond donors (Lipinski definition) is 0. The van der Waals surface area contributed by atoms with Gasteiger partial charge in [-0.25, -0.2) is 8.78 Å². The third-order valence-corrected chi connectivity index (χ3v) is 2.95. The fourth-order valence-corrected chi connectivity index (χ4v) is 1.80. The standard InChI is InChI=1S/C10H12F2OS/c1-3-4-14-10-8(11)5-7(13-2)6-9(10)12/h5-6H,3-4H2,1-2H3. The highest BCUT2D eigenvalue weighted by atomic mass is 32.2. The Morgan fingerprint density at radius 2 is 1.86 bits per heavy atom.